The molecule has 2 N–H and O–H groups in total. The Labute approximate surface area is 133 Å². The van der Waals surface area contributed by atoms with E-state index in [4.69, 9.17) is 5.11 Å². The van der Waals surface area contributed by atoms with Crippen molar-refractivity contribution in [3.05, 3.63) is 40.8 Å². The molecule has 0 bridgehead atoms. The maximum atomic E-state index is 12.0. The zero-order chi connectivity index (χ0) is 16.4. The fourth-order valence-corrected chi connectivity index (χ4v) is 3.01. The molecule has 7 nitrogen and oxygen atoms in total. The standard InChI is InChI=1S/C16H20N4O3/c1-2-19(10-16(22)23)12-7-11(8-12)17-13-9-15(21)20-6-4-3-5-14(20)18-13/h3-6,9,11-12,17H,2,7-8,10H2,1H3,(H,22,23). The van der Waals surface area contributed by atoms with Gasteiger partial charge in [-0.1, -0.05) is 13.0 Å². The second-order valence-corrected chi connectivity index (χ2v) is 5.83. The average molecular weight is 316 g/mol. The summed E-state index contributed by atoms with van der Waals surface area (Å²) in [6, 6.07) is 7.42. The smallest absolute Gasteiger partial charge is 0.317 e. The molecule has 122 valence electrons. The first-order valence-corrected chi connectivity index (χ1v) is 7.77. The highest BCUT2D eigenvalue weighted by Gasteiger charge is 2.33. The number of likely N-dealkylation sites (N-methyl/N-ethyl adjacent to an activating group) is 1. The fourth-order valence-electron chi connectivity index (χ4n) is 3.01. The minimum atomic E-state index is -0.799. The van der Waals surface area contributed by atoms with Crippen molar-refractivity contribution in [1.82, 2.24) is 14.3 Å². The van der Waals surface area contributed by atoms with E-state index in [1.807, 2.05) is 17.9 Å². The number of carbonyl (C=O) groups is 1. The van der Waals surface area contributed by atoms with Gasteiger partial charge in [-0.3, -0.25) is 18.9 Å². The molecule has 7 heteroatoms. The van der Waals surface area contributed by atoms with Crippen LogP contribution in [0.25, 0.3) is 5.65 Å². The molecular weight excluding hydrogens is 296 g/mol. The van der Waals surface area contributed by atoms with Crippen LogP contribution in [0.2, 0.25) is 0 Å². The van der Waals surface area contributed by atoms with Gasteiger partial charge >= 0.3 is 5.97 Å². The number of rotatable bonds is 6. The molecule has 3 rings (SSSR count). The number of hydrogen-bond donors (Lipinski definition) is 2. The number of pyridine rings is 1. The van der Waals surface area contributed by atoms with Gasteiger partial charge in [-0.15, -0.1) is 0 Å². The Morgan fingerprint density at radius 2 is 2.26 bits per heavy atom. The summed E-state index contributed by atoms with van der Waals surface area (Å²) in [7, 11) is 0. The Balaban J connectivity index is 1.64. The summed E-state index contributed by atoms with van der Waals surface area (Å²) < 4.78 is 1.50. The third-order valence-electron chi connectivity index (χ3n) is 4.30. The van der Waals surface area contributed by atoms with E-state index in [9.17, 15) is 9.59 Å². The molecule has 0 aromatic carbocycles. The van der Waals surface area contributed by atoms with Gasteiger partial charge in [0.2, 0.25) is 0 Å². The molecule has 1 aliphatic rings. The minimum Gasteiger partial charge on any atom is -0.480 e. The van der Waals surface area contributed by atoms with Crippen molar-refractivity contribution in [3.8, 4) is 0 Å². The number of aromatic nitrogens is 2. The molecule has 0 saturated heterocycles. The first-order chi connectivity index (χ1) is 11.1. The lowest BCUT2D eigenvalue weighted by Gasteiger charge is -2.42. The highest BCUT2D eigenvalue weighted by Crippen LogP contribution is 2.27. The van der Waals surface area contributed by atoms with Crippen LogP contribution in [0.15, 0.2) is 35.3 Å². The first kappa shape index (κ1) is 15.5. The summed E-state index contributed by atoms with van der Waals surface area (Å²) in [5, 5.41) is 12.2. The second-order valence-electron chi connectivity index (χ2n) is 5.83. The Morgan fingerprint density at radius 1 is 1.48 bits per heavy atom. The van der Waals surface area contributed by atoms with E-state index in [1.165, 1.54) is 10.5 Å². The quantitative estimate of drug-likeness (QED) is 0.828. The highest BCUT2D eigenvalue weighted by molar-refractivity contribution is 5.69. The maximum Gasteiger partial charge on any atom is 0.317 e. The van der Waals surface area contributed by atoms with Crippen LogP contribution in [-0.2, 0) is 4.79 Å². The molecule has 0 amide bonds. The van der Waals surface area contributed by atoms with Gasteiger partial charge in [0, 0.05) is 24.3 Å². The normalized spacial score (nSPS) is 20.4. The monoisotopic (exact) mass is 316 g/mol. The third-order valence-corrected chi connectivity index (χ3v) is 4.30. The predicted octanol–water partition coefficient (Wildman–Crippen LogP) is 1.04. The Bertz CT molecular complexity index is 767. The van der Waals surface area contributed by atoms with Crippen LogP contribution in [0.1, 0.15) is 19.8 Å². The molecule has 0 aliphatic heterocycles. The van der Waals surface area contributed by atoms with Gasteiger partial charge in [-0.05, 0) is 31.5 Å². The number of aliphatic carboxylic acids is 1. The van der Waals surface area contributed by atoms with E-state index < -0.39 is 5.97 Å². The SMILES string of the molecule is CCN(CC(=O)O)C1CC(Nc2cc(=O)n3ccccc3n2)C1. The van der Waals surface area contributed by atoms with E-state index >= 15 is 0 Å². The summed E-state index contributed by atoms with van der Waals surface area (Å²) in [6.07, 6.45) is 3.41. The van der Waals surface area contributed by atoms with Crippen LogP contribution in [-0.4, -0.2) is 50.5 Å². The van der Waals surface area contributed by atoms with Crippen LogP contribution in [0.4, 0.5) is 5.82 Å². The van der Waals surface area contributed by atoms with Crippen molar-refractivity contribution < 1.29 is 9.90 Å². The van der Waals surface area contributed by atoms with Crippen molar-refractivity contribution in [2.75, 3.05) is 18.4 Å². The van der Waals surface area contributed by atoms with Crippen molar-refractivity contribution >= 4 is 17.4 Å². The predicted molar refractivity (Wildman–Crippen MR) is 86.8 cm³/mol. The Hall–Kier alpha value is -2.41. The molecule has 2 aromatic heterocycles. The number of carboxylic acid groups (broad SMARTS) is 1. The van der Waals surface area contributed by atoms with Gasteiger partial charge in [-0.25, -0.2) is 4.98 Å². The van der Waals surface area contributed by atoms with Crippen molar-refractivity contribution in [2.24, 2.45) is 0 Å². The van der Waals surface area contributed by atoms with Crippen LogP contribution in [0, 0.1) is 0 Å². The summed E-state index contributed by atoms with van der Waals surface area (Å²) in [5.41, 5.74) is 0.495. The Kier molecular flexibility index (Phi) is 4.29. The minimum absolute atomic E-state index is 0.0729. The average Bonchev–Trinajstić information content (AvgIpc) is 2.48. The molecule has 1 fully saturated rings. The molecule has 0 spiro atoms. The molecule has 0 atom stereocenters. The van der Waals surface area contributed by atoms with Crippen LogP contribution in [0.5, 0.6) is 0 Å². The van der Waals surface area contributed by atoms with E-state index in [2.05, 4.69) is 10.3 Å². The van der Waals surface area contributed by atoms with Gasteiger partial charge in [-0.2, -0.15) is 0 Å². The Morgan fingerprint density at radius 3 is 2.96 bits per heavy atom. The van der Waals surface area contributed by atoms with Gasteiger partial charge in [0.05, 0.1) is 6.54 Å². The maximum absolute atomic E-state index is 12.0. The van der Waals surface area contributed by atoms with E-state index in [0.717, 1.165) is 19.4 Å². The molecule has 0 radical (unpaired) electrons. The molecular formula is C16H20N4O3. The van der Waals surface area contributed by atoms with Gasteiger partial charge in [0.1, 0.15) is 11.5 Å². The lowest BCUT2D eigenvalue weighted by Crippen LogP contribution is -2.51. The van der Waals surface area contributed by atoms with Crippen LogP contribution < -0.4 is 10.9 Å². The van der Waals surface area contributed by atoms with Gasteiger partial charge in [0.25, 0.3) is 5.56 Å². The highest BCUT2D eigenvalue weighted by atomic mass is 16.4. The molecule has 1 saturated carbocycles. The van der Waals surface area contributed by atoms with E-state index in [-0.39, 0.29) is 24.2 Å². The van der Waals surface area contributed by atoms with Crippen molar-refractivity contribution in [3.63, 3.8) is 0 Å². The molecule has 23 heavy (non-hydrogen) atoms. The van der Waals surface area contributed by atoms with E-state index in [1.54, 1.807) is 18.3 Å². The van der Waals surface area contributed by atoms with Gasteiger partial charge in [0.15, 0.2) is 0 Å². The summed E-state index contributed by atoms with van der Waals surface area (Å²) in [6.45, 7) is 2.76. The zero-order valence-corrected chi connectivity index (χ0v) is 13.0. The number of carboxylic acids is 1. The largest absolute Gasteiger partial charge is 0.480 e. The van der Waals surface area contributed by atoms with Crippen LogP contribution in [0.3, 0.4) is 0 Å². The number of nitrogens with zero attached hydrogens (tertiary/aromatic N) is 3. The third kappa shape index (κ3) is 3.34. The number of hydrogen-bond acceptors (Lipinski definition) is 5. The number of anilines is 1. The topological polar surface area (TPSA) is 86.9 Å². The second kappa shape index (κ2) is 6.37. The number of fused-ring (bicyclic) bond motifs is 1. The lowest BCUT2D eigenvalue weighted by atomic mass is 9.85. The fraction of sp³-hybridized carbons (Fsp3) is 0.438. The first-order valence-electron chi connectivity index (χ1n) is 7.77. The molecule has 0 unspecified atom stereocenters. The molecule has 2 heterocycles. The zero-order valence-electron chi connectivity index (χ0n) is 13.0. The van der Waals surface area contributed by atoms with E-state index in [0.29, 0.717) is 11.5 Å². The number of nitrogens with one attached hydrogen (secondary N) is 1. The summed E-state index contributed by atoms with van der Waals surface area (Å²) >= 11 is 0. The summed E-state index contributed by atoms with van der Waals surface area (Å²) in [4.78, 5) is 29.3. The lowest BCUT2D eigenvalue weighted by molar-refractivity contribution is -0.139. The molecule has 1 aliphatic carbocycles. The molecule has 2 aromatic rings. The van der Waals surface area contributed by atoms with Crippen molar-refractivity contribution in [2.45, 2.75) is 31.8 Å². The van der Waals surface area contributed by atoms with Crippen molar-refractivity contribution in [1.29, 1.82) is 0 Å². The summed E-state index contributed by atoms with van der Waals surface area (Å²) in [5.74, 6) is -0.224. The van der Waals surface area contributed by atoms with Crippen LogP contribution >= 0.6 is 0 Å². The van der Waals surface area contributed by atoms with Gasteiger partial charge < -0.3 is 10.4 Å².